The van der Waals surface area contributed by atoms with Crippen molar-refractivity contribution < 1.29 is 8.42 Å². The van der Waals surface area contributed by atoms with Crippen LogP contribution in [-0.4, -0.2) is 26.5 Å². The predicted molar refractivity (Wildman–Crippen MR) is 82.8 cm³/mol. The van der Waals surface area contributed by atoms with E-state index < -0.39 is 9.84 Å². The fourth-order valence-corrected chi connectivity index (χ4v) is 4.69. The van der Waals surface area contributed by atoms with Crippen molar-refractivity contribution in [2.75, 3.05) is 12.0 Å². The molecule has 0 aliphatic heterocycles. The van der Waals surface area contributed by atoms with Crippen LogP contribution in [0.2, 0.25) is 0 Å². The molecule has 2 rings (SSSR count). The van der Waals surface area contributed by atoms with E-state index in [0.717, 1.165) is 0 Å². The largest absolute Gasteiger partial charge is 0.301 e. The molecule has 0 bridgehead atoms. The second-order valence-corrected chi connectivity index (χ2v) is 8.77. The van der Waals surface area contributed by atoms with Gasteiger partial charge in [0.1, 0.15) is 9.84 Å². The SMILES string of the molecule is CC(CS(C)(=O)=O)NC(c1cccs1)c1cccs1. The minimum atomic E-state index is -2.96. The van der Waals surface area contributed by atoms with E-state index in [-0.39, 0.29) is 17.8 Å². The molecule has 2 aromatic heterocycles. The summed E-state index contributed by atoms with van der Waals surface area (Å²) in [5.41, 5.74) is 0. The lowest BCUT2D eigenvalue weighted by Gasteiger charge is -2.21. The summed E-state index contributed by atoms with van der Waals surface area (Å²) in [5, 5.41) is 7.50. The molecule has 0 fully saturated rings. The summed E-state index contributed by atoms with van der Waals surface area (Å²) < 4.78 is 22.7. The lowest BCUT2D eigenvalue weighted by atomic mass is 10.2. The van der Waals surface area contributed by atoms with Crippen LogP contribution in [0, 0.1) is 0 Å². The van der Waals surface area contributed by atoms with Gasteiger partial charge in [0.25, 0.3) is 0 Å². The van der Waals surface area contributed by atoms with E-state index in [1.165, 1.54) is 16.0 Å². The van der Waals surface area contributed by atoms with Crippen LogP contribution in [0.4, 0.5) is 0 Å². The molecule has 2 aromatic rings. The third kappa shape index (κ3) is 4.42. The number of rotatable bonds is 6. The van der Waals surface area contributed by atoms with Crippen molar-refractivity contribution in [3.63, 3.8) is 0 Å². The molecule has 104 valence electrons. The number of thiophene rings is 2. The number of hydrogen-bond donors (Lipinski definition) is 1. The molecule has 0 aliphatic rings. The van der Waals surface area contributed by atoms with Crippen molar-refractivity contribution in [2.24, 2.45) is 0 Å². The Balaban J connectivity index is 2.16. The van der Waals surface area contributed by atoms with Crippen LogP contribution in [0.5, 0.6) is 0 Å². The quantitative estimate of drug-likeness (QED) is 0.891. The first-order chi connectivity index (χ1) is 8.96. The van der Waals surface area contributed by atoms with Gasteiger partial charge < -0.3 is 5.32 Å². The van der Waals surface area contributed by atoms with Gasteiger partial charge in [0.15, 0.2) is 0 Å². The molecule has 19 heavy (non-hydrogen) atoms. The molecule has 6 heteroatoms. The van der Waals surface area contributed by atoms with Crippen LogP contribution >= 0.6 is 22.7 Å². The van der Waals surface area contributed by atoms with Gasteiger partial charge in [0.05, 0.1) is 11.8 Å². The molecule has 1 atom stereocenters. The molecule has 2 heterocycles. The van der Waals surface area contributed by atoms with Crippen molar-refractivity contribution >= 4 is 32.5 Å². The zero-order valence-corrected chi connectivity index (χ0v) is 13.3. The minimum absolute atomic E-state index is 0.0794. The second-order valence-electron chi connectivity index (χ2n) is 4.62. The monoisotopic (exact) mass is 315 g/mol. The fraction of sp³-hybridized carbons (Fsp3) is 0.385. The average molecular weight is 315 g/mol. The number of nitrogens with one attached hydrogen (secondary N) is 1. The Morgan fingerprint density at radius 1 is 1.16 bits per heavy atom. The van der Waals surface area contributed by atoms with Crippen LogP contribution in [0.3, 0.4) is 0 Å². The summed E-state index contributed by atoms with van der Waals surface area (Å²) >= 11 is 3.37. The van der Waals surface area contributed by atoms with Crippen LogP contribution in [0.15, 0.2) is 35.0 Å². The van der Waals surface area contributed by atoms with Crippen LogP contribution in [-0.2, 0) is 9.84 Å². The molecule has 0 amide bonds. The Hall–Kier alpha value is -0.690. The van der Waals surface area contributed by atoms with E-state index in [9.17, 15) is 8.42 Å². The molecule has 0 spiro atoms. The van der Waals surface area contributed by atoms with E-state index in [2.05, 4.69) is 17.4 Å². The highest BCUT2D eigenvalue weighted by atomic mass is 32.2. The van der Waals surface area contributed by atoms with Gasteiger partial charge in [-0.1, -0.05) is 12.1 Å². The van der Waals surface area contributed by atoms with Crippen molar-refractivity contribution in [3.8, 4) is 0 Å². The predicted octanol–water partition coefficient (Wildman–Crippen LogP) is 2.92. The van der Waals surface area contributed by atoms with E-state index in [1.807, 2.05) is 29.8 Å². The topological polar surface area (TPSA) is 46.2 Å². The van der Waals surface area contributed by atoms with Crippen molar-refractivity contribution in [1.82, 2.24) is 5.32 Å². The average Bonchev–Trinajstić information content (AvgIpc) is 2.97. The van der Waals surface area contributed by atoms with Gasteiger partial charge in [0.2, 0.25) is 0 Å². The maximum atomic E-state index is 11.4. The van der Waals surface area contributed by atoms with Crippen LogP contribution < -0.4 is 5.32 Å². The van der Waals surface area contributed by atoms with Gasteiger partial charge in [-0.3, -0.25) is 0 Å². The number of hydrogen-bond acceptors (Lipinski definition) is 5. The third-order valence-electron chi connectivity index (χ3n) is 2.66. The van der Waals surface area contributed by atoms with Crippen LogP contribution in [0.25, 0.3) is 0 Å². The molecule has 0 saturated carbocycles. The molecule has 3 nitrogen and oxygen atoms in total. The van der Waals surface area contributed by atoms with Gasteiger partial charge in [-0.2, -0.15) is 0 Å². The third-order valence-corrected chi connectivity index (χ3v) is 5.64. The normalized spacial score (nSPS) is 13.8. The molecular weight excluding hydrogens is 298 g/mol. The van der Waals surface area contributed by atoms with E-state index >= 15 is 0 Å². The maximum Gasteiger partial charge on any atom is 0.148 e. The van der Waals surface area contributed by atoms with Gasteiger partial charge in [-0.05, 0) is 29.8 Å². The summed E-state index contributed by atoms with van der Waals surface area (Å²) in [6.07, 6.45) is 1.27. The van der Waals surface area contributed by atoms with E-state index in [1.54, 1.807) is 22.7 Å². The first-order valence-electron chi connectivity index (χ1n) is 5.96. The lowest BCUT2D eigenvalue weighted by molar-refractivity contribution is 0.528. The molecule has 0 radical (unpaired) electrons. The maximum absolute atomic E-state index is 11.4. The standard InChI is InChI=1S/C13H17NO2S3/c1-10(9-19(2,15)16)14-13(11-5-3-7-17-11)12-6-4-8-18-12/h3-8,10,13-14H,9H2,1-2H3. The molecule has 0 aliphatic carbocycles. The van der Waals surface area contributed by atoms with Gasteiger partial charge >= 0.3 is 0 Å². The first-order valence-corrected chi connectivity index (χ1v) is 9.78. The summed E-state index contributed by atoms with van der Waals surface area (Å²) in [5.74, 6) is 0.153. The van der Waals surface area contributed by atoms with Crippen molar-refractivity contribution in [2.45, 2.75) is 19.0 Å². The second kappa shape index (κ2) is 6.17. The fourth-order valence-electron chi connectivity index (χ4n) is 2.00. The van der Waals surface area contributed by atoms with Gasteiger partial charge in [-0.15, -0.1) is 22.7 Å². The molecule has 1 unspecified atom stereocenters. The van der Waals surface area contributed by atoms with Gasteiger partial charge in [0, 0.05) is 22.1 Å². The van der Waals surface area contributed by atoms with Crippen molar-refractivity contribution in [1.29, 1.82) is 0 Å². The first kappa shape index (κ1) is 14.7. The smallest absolute Gasteiger partial charge is 0.148 e. The molecule has 1 N–H and O–H groups in total. The minimum Gasteiger partial charge on any atom is -0.301 e. The summed E-state index contributed by atoms with van der Waals surface area (Å²) in [6, 6.07) is 8.19. The molecule has 0 aromatic carbocycles. The Bertz CT molecular complexity index is 554. The Kier molecular flexibility index (Phi) is 4.78. The summed E-state index contributed by atoms with van der Waals surface area (Å²) in [6.45, 7) is 1.91. The highest BCUT2D eigenvalue weighted by molar-refractivity contribution is 7.90. The van der Waals surface area contributed by atoms with Crippen molar-refractivity contribution in [3.05, 3.63) is 44.8 Å². The number of sulfone groups is 1. The highest BCUT2D eigenvalue weighted by Gasteiger charge is 2.20. The van der Waals surface area contributed by atoms with E-state index in [4.69, 9.17) is 0 Å². The zero-order chi connectivity index (χ0) is 13.9. The lowest BCUT2D eigenvalue weighted by Crippen LogP contribution is -2.35. The van der Waals surface area contributed by atoms with Crippen LogP contribution in [0.1, 0.15) is 22.7 Å². The summed E-state index contributed by atoms with van der Waals surface area (Å²) in [7, 11) is -2.96. The highest BCUT2D eigenvalue weighted by Crippen LogP contribution is 2.29. The Morgan fingerprint density at radius 3 is 2.05 bits per heavy atom. The summed E-state index contributed by atoms with van der Waals surface area (Å²) in [4.78, 5) is 2.42. The Morgan fingerprint density at radius 2 is 1.68 bits per heavy atom. The van der Waals surface area contributed by atoms with Gasteiger partial charge in [-0.25, -0.2) is 8.42 Å². The van der Waals surface area contributed by atoms with E-state index in [0.29, 0.717) is 0 Å². The molecule has 0 saturated heterocycles. The Labute approximate surface area is 122 Å². The zero-order valence-electron chi connectivity index (χ0n) is 10.9. The molecular formula is C13H17NO2S3.